The van der Waals surface area contributed by atoms with Crippen LogP contribution in [0.5, 0.6) is 0 Å². The first kappa shape index (κ1) is 24.5. The van der Waals surface area contributed by atoms with Gasteiger partial charge < -0.3 is 14.8 Å². The van der Waals surface area contributed by atoms with E-state index in [9.17, 15) is 18.0 Å². The maximum Gasteiger partial charge on any atom is 0.222 e. The Bertz CT molecular complexity index is 1360. The molecule has 37 heavy (non-hydrogen) atoms. The molecule has 1 saturated heterocycles. The molecule has 2 aromatic carbocycles. The summed E-state index contributed by atoms with van der Waals surface area (Å²) < 4.78 is 40.4. The minimum atomic E-state index is -0.335. The Kier molecular flexibility index (Phi) is 7.20. The van der Waals surface area contributed by atoms with Crippen molar-refractivity contribution in [2.45, 2.75) is 19.3 Å². The van der Waals surface area contributed by atoms with Gasteiger partial charge in [0.25, 0.3) is 0 Å². The molecule has 0 bridgehead atoms. The number of hydrogen-bond donors (Lipinski definition) is 1. The highest BCUT2D eigenvalue weighted by Gasteiger charge is 2.22. The van der Waals surface area contributed by atoms with Gasteiger partial charge in [0.15, 0.2) is 0 Å². The number of pyridine rings is 1. The number of nitrogens with one attached hydrogen (secondary N) is 1. The first-order valence-corrected chi connectivity index (χ1v) is 12.2. The summed E-state index contributed by atoms with van der Waals surface area (Å²) in [5.74, 6) is 0.233. The molecule has 0 saturated carbocycles. The minimum absolute atomic E-state index is 0.0634. The second-order valence-electron chi connectivity index (χ2n) is 8.98. The number of amides is 1. The number of anilines is 1. The molecule has 0 aliphatic carbocycles. The van der Waals surface area contributed by atoms with E-state index in [0.29, 0.717) is 62.8 Å². The first-order valence-electron chi connectivity index (χ1n) is 12.2. The van der Waals surface area contributed by atoms with Crippen molar-refractivity contribution in [3.8, 4) is 22.6 Å². The van der Waals surface area contributed by atoms with Gasteiger partial charge in [0.2, 0.25) is 5.91 Å². The second kappa shape index (κ2) is 10.9. The van der Waals surface area contributed by atoms with Crippen molar-refractivity contribution < 1.29 is 18.0 Å². The Labute approximate surface area is 212 Å². The smallest absolute Gasteiger partial charge is 0.222 e. The van der Waals surface area contributed by atoms with Crippen LogP contribution in [0.4, 0.5) is 19.0 Å². The Morgan fingerprint density at radius 3 is 2.14 bits per heavy atom. The van der Waals surface area contributed by atoms with Crippen molar-refractivity contribution >= 4 is 11.7 Å². The van der Waals surface area contributed by atoms with Crippen molar-refractivity contribution in [3.63, 3.8) is 0 Å². The fraction of sp³-hybridized carbons (Fsp3) is 0.250. The molecule has 190 valence electrons. The summed E-state index contributed by atoms with van der Waals surface area (Å²) in [7, 11) is 0. The fourth-order valence-electron chi connectivity index (χ4n) is 4.51. The van der Waals surface area contributed by atoms with Gasteiger partial charge >= 0.3 is 0 Å². The van der Waals surface area contributed by atoms with Gasteiger partial charge in [0, 0.05) is 61.7 Å². The van der Waals surface area contributed by atoms with Gasteiger partial charge in [-0.3, -0.25) is 4.79 Å². The molecule has 0 radical (unpaired) electrons. The van der Waals surface area contributed by atoms with Crippen molar-refractivity contribution in [1.82, 2.24) is 19.9 Å². The highest BCUT2D eigenvalue weighted by Crippen LogP contribution is 2.28. The maximum absolute atomic E-state index is 13.5. The standard InChI is InChI=1S/C28H26F3N5O/c29-21-8-4-19(5-9-21)27-24(33-28(34-27)20-6-10-22(30)11-7-20)2-1-3-26(37)36-16-14-35(15-17-36)25-18-23(31)12-13-32-25/h4-13,18H,1-3,14-17H2,(H,33,34). The number of rotatable bonds is 7. The summed E-state index contributed by atoms with van der Waals surface area (Å²) in [6.07, 6.45) is 2.98. The molecule has 1 N–H and O–H groups in total. The number of carbonyl (C=O) groups is 1. The van der Waals surface area contributed by atoms with Crippen LogP contribution in [-0.2, 0) is 11.2 Å². The van der Waals surface area contributed by atoms with Gasteiger partial charge in [0.1, 0.15) is 29.1 Å². The number of H-pyrrole nitrogens is 1. The third-order valence-electron chi connectivity index (χ3n) is 6.50. The number of halogens is 3. The predicted octanol–water partition coefficient (Wildman–Crippen LogP) is 5.23. The van der Waals surface area contributed by atoms with E-state index in [0.717, 1.165) is 16.8 Å². The van der Waals surface area contributed by atoms with E-state index in [4.69, 9.17) is 4.98 Å². The second-order valence-corrected chi connectivity index (χ2v) is 8.98. The number of hydrogen-bond acceptors (Lipinski definition) is 4. The molecule has 5 rings (SSSR count). The number of aromatic amines is 1. The van der Waals surface area contributed by atoms with Crippen molar-refractivity contribution in [2.75, 3.05) is 31.1 Å². The molecule has 6 nitrogen and oxygen atoms in total. The van der Waals surface area contributed by atoms with Crippen LogP contribution >= 0.6 is 0 Å². The number of aryl methyl sites for hydroxylation is 1. The zero-order valence-corrected chi connectivity index (χ0v) is 20.1. The quantitative estimate of drug-likeness (QED) is 0.374. The van der Waals surface area contributed by atoms with Crippen LogP contribution in [0.25, 0.3) is 22.6 Å². The number of carbonyl (C=O) groups excluding carboxylic acids is 1. The summed E-state index contributed by atoms with van der Waals surface area (Å²) in [6, 6.07) is 14.9. The molecule has 0 atom stereocenters. The maximum atomic E-state index is 13.5. The van der Waals surface area contributed by atoms with Crippen molar-refractivity contribution in [2.24, 2.45) is 0 Å². The van der Waals surface area contributed by atoms with E-state index in [1.54, 1.807) is 24.3 Å². The molecule has 9 heteroatoms. The summed E-state index contributed by atoms with van der Waals surface area (Å²) in [5.41, 5.74) is 3.01. The zero-order valence-electron chi connectivity index (χ0n) is 20.1. The third-order valence-corrected chi connectivity index (χ3v) is 6.50. The van der Waals surface area contributed by atoms with E-state index in [1.165, 1.54) is 42.6 Å². The molecular formula is C28H26F3N5O. The highest BCUT2D eigenvalue weighted by atomic mass is 19.1. The number of benzene rings is 2. The Hall–Kier alpha value is -4.14. The lowest BCUT2D eigenvalue weighted by Gasteiger charge is -2.35. The average molecular weight is 506 g/mol. The van der Waals surface area contributed by atoms with Crippen LogP contribution in [0.2, 0.25) is 0 Å². The highest BCUT2D eigenvalue weighted by molar-refractivity contribution is 5.76. The van der Waals surface area contributed by atoms with Crippen LogP contribution in [-0.4, -0.2) is 51.9 Å². The topological polar surface area (TPSA) is 65.1 Å². The van der Waals surface area contributed by atoms with Gasteiger partial charge in [-0.15, -0.1) is 0 Å². The third kappa shape index (κ3) is 5.82. The molecule has 2 aromatic heterocycles. The minimum Gasteiger partial charge on any atom is -0.353 e. The molecule has 1 aliphatic heterocycles. The number of aromatic nitrogens is 3. The van der Waals surface area contributed by atoms with Gasteiger partial charge in [-0.2, -0.15) is 0 Å². The van der Waals surface area contributed by atoms with Gasteiger partial charge in [-0.25, -0.2) is 23.1 Å². The lowest BCUT2D eigenvalue weighted by atomic mass is 10.1. The SMILES string of the molecule is O=C(CCCc1[nH]c(-c2ccc(F)cc2)nc1-c1ccc(F)cc1)N1CCN(c2cc(F)ccn2)CC1. The zero-order chi connectivity index (χ0) is 25.8. The van der Waals surface area contributed by atoms with E-state index in [-0.39, 0.29) is 23.4 Å². The Balaban J connectivity index is 1.23. The number of imidazole rings is 1. The van der Waals surface area contributed by atoms with Crippen LogP contribution < -0.4 is 4.90 Å². The van der Waals surface area contributed by atoms with Crippen molar-refractivity contribution in [1.29, 1.82) is 0 Å². The molecular weight excluding hydrogens is 479 g/mol. The summed E-state index contributed by atoms with van der Waals surface area (Å²) in [4.78, 5) is 28.9. The van der Waals surface area contributed by atoms with Crippen molar-refractivity contribution in [3.05, 3.63) is 90.0 Å². The monoisotopic (exact) mass is 505 g/mol. The predicted molar refractivity (Wildman–Crippen MR) is 135 cm³/mol. The molecule has 3 heterocycles. The van der Waals surface area contributed by atoms with Gasteiger partial charge in [-0.1, -0.05) is 0 Å². The van der Waals surface area contributed by atoms with Crippen LogP contribution in [0.1, 0.15) is 18.5 Å². The van der Waals surface area contributed by atoms with Gasteiger partial charge in [0.05, 0.1) is 5.69 Å². The van der Waals surface area contributed by atoms with E-state index >= 15 is 0 Å². The van der Waals surface area contributed by atoms with Gasteiger partial charge in [-0.05, 0) is 67.4 Å². The van der Waals surface area contributed by atoms with Crippen LogP contribution in [0.3, 0.4) is 0 Å². The molecule has 4 aromatic rings. The van der Waals surface area contributed by atoms with Crippen LogP contribution in [0.15, 0.2) is 66.9 Å². The Morgan fingerprint density at radius 1 is 0.838 bits per heavy atom. The Morgan fingerprint density at radius 2 is 1.49 bits per heavy atom. The first-order chi connectivity index (χ1) is 18.0. The largest absolute Gasteiger partial charge is 0.353 e. The lowest BCUT2D eigenvalue weighted by Crippen LogP contribution is -2.49. The van der Waals surface area contributed by atoms with E-state index < -0.39 is 0 Å². The number of piperazine rings is 1. The molecule has 1 amide bonds. The van der Waals surface area contributed by atoms with E-state index in [1.807, 2.05) is 9.80 Å². The molecule has 0 spiro atoms. The van der Waals surface area contributed by atoms with E-state index in [2.05, 4.69) is 9.97 Å². The lowest BCUT2D eigenvalue weighted by molar-refractivity contribution is -0.131. The summed E-state index contributed by atoms with van der Waals surface area (Å²) >= 11 is 0. The number of nitrogens with zero attached hydrogens (tertiary/aromatic N) is 4. The van der Waals surface area contributed by atoms with Crippen LogP contribution in [0, 0.1) is 17.5 Å². The molecule has 0 unspecified atom stereocenters. The summed E-state index contributed by atoms with van der Waals surface area (Å²) in [6.45, 7) is 2.30. The fourth-order valence-corrected chi connectivity index (χ4v) is 4.51. The normalized spacial score (nSPS) is 13.7. The molecule has 1 aliphatic rings. The average Bonchev–Trinajstić information content (AvgIpc) is 3.33. The summed E-state index contributed by atoms with van der Waals surface area (Å²) in [5, 5.41) is 0. The molecule has 1 fully saturated rings.